The van der Waals surface area contributed by atoms with E-state index in [0.717, 1.165) is 12.0 Å². The molecule has 76 valence electrons. The molecule has 2 N–H and O–H groups in total. The largest absolute Gasteiger partial charge is 0.330 e. The van der Waals surface area contributed by atoms with Crippen molar-refractivity contribution in [2.45, 2.75) is 6.42 Å². The predicted molar refractivity (Wildman–Crippen MR) is 64.2 cm³/mol. The molecule has 0 saturated heterocycles. The number of hydrogen-bond donors (Lipinski definition) is 1. The van der Waals surface area contributed by atoms with E-state index < -0.39 is 0 Å². The summed E-state index contributed by atoms with van der Waals surface area (Å²) in [5, 5.41) is 1.32. The summed E-state index contributed by atoms with van der Waals surface area (Å²) < 4.78 is 0. The van der Waals surface area contributed by atoms with Crippen LogP contribution in [0.15, 0.2) is 18.2 Å². The van der Waals surface area contributed by atoms with Crippen molar-refractivity contribution >= 4 is 40.9 Å². The molecule has 4 heteroatoms. The molecule has 0 bridgehead atoms. The van der Waals surface area contributed by atoms with Crippen LogP contribution in [0.25, 0.3) is 6.08 Å². The third-order valence-electron chi connectivity index (χ3n) is 1.65. The molecule has 0 unspecified atom stereocenters. The summed E-state index contributed by atoms with van der Waals surface area (Å²) in [5.41, 5.74) is 6.28. The van der Waals surface area contributed by atoms with Crippen molar-refractivity contribution in [1.82, 2.24) is 0 Å². The molecule has 0 aromatic heterocycles. The van der Waals surface area contributed by atoms with Crippen molar-refractivity contribution in [3.8, 4) is 0 Å². The van der Waals surface area contributed by atoms with E-state index in [9.17, 15) is 0 Å². The van der Waals surface area contributed by atoms with Gasteiger partial charge in [-0.05, 0) is 30.7 Å². The zero-order chi connectivity index (χ0) is 10.6. The summed E-state index contributed by atoms with van der Waals surface area (Å²) in [7, 11) is 0. The molecule has 0 aliphatic carbocycles. The molecule has 1 rings (SSSR count). The summed E-state index contributed by atoms with van der Waals surface area (Å²) in [4.78, 5) is 0. The molecule has 0 spiro atoms. The van der Waals surface area contributed by atoms with Gasteiger partial charge in [0.2, 0.25) is 0 Å². The van der Waals surface area contributed by atoms with Crippen LogP contribution in [-0.2, 0) is 0 Å². The molecule has 0 fully saturated rings. The first-order valence-electron chi connectivity index (χ1n) is 4.16. The van der Waals surface area contributed by atoms with Crippen LogP contribution in [0.4, 0.5) is 0 Å². The third-order valence-corrected chi connectivity index (χ3v) is 2.85. The molecule has 0 atom stereocenters. The highest BCUT2D eigenvalue weighted by Gasteiger charge is 2.03. The Bertz CT molecular complexity index is 324. The second kappa shape index (κ2) is 5.62. The number of halogens is 3. The second-order valence-electron chi connectivity index (χ2n) is 2.78. The topological polar surface area (TPSA) is 26.0 Å². The first-order chi connectivity index (χ1) is 6.65. The highest BCUT2D eigenvalue weighted by molar-refractivity contribution is 6.48. The number of benzene rings is 1. The normalized spacial score (nSPS) is 11.1. The van der Waals surface area contributed by atoms with Gasteiger partial charge < -0.3 is 5.73 Å². The Balaban J connectivity index is 2.89. The van der Waals surface area contributed by atoms with Crippen molar-refractivity contribution in [2.24, 2.45) is 5.73 Å². The summed E-state index contributed by atoms with van der Waals surface area (Å²) in [5.74, 6) is 0. The van der Waals surface area contributed by atoms with Gasteiger partial charge in [-0.1, -0.05) is 47.0 Å². The maximum atomic E-state index is 5.86. The van der Waals surface area contributed by atoms with Gasteiger partial charge in [0.05, 0.1) is 15.1 Å². The van der Waals surface area contributed by atoms with Crippen LogP contribution >= 0.6 is 34.8 Å². The van der Waals surface area contributed by atoms with Crippen LogP contribution in [0, 0.1) is 0 Å². The molecule has 0 amide bonds. The zero-order valence-corrected chi connectivity index (χ0v) is 9.70. The first-order valence-corrected chi connectivity index (χ1v) is 5.29. The van der Waals surface area contributed by atoms with Crippen molar-refractivity contribution in [3.05, 3.63) is 38.8 Å². The Morgan fingerprint density at radius 2 is 1.71 bits per heavy atom. The second-order valence-corrected chi connectivity index (χ2v) is 3.97. The Hall–Kier alpha value is -0.210. The van der Waals surface area contributed by atoms with Gasteiger partial charge in [-0.15, -0.1) is 0 Å². The smallest absolute Gasteiger partial charge is 0.0778 e. The lowest BCUT2D eigenvalue weighted by Gasteiger charge is -2.00. The van der Waals surface area contributed by atoms with E-state index in [1.54, 1.807) is 12.1 Å². The highest BCUT2D eigenvalue weighted by Crippen LogP contribution is 2.31. The average Bonchev–Trinajstić information content (AvgIpc) is 2.14. The van der Waals surface area contributed by atoms with Crippen molar-refractivity contribution in [2.75, 3.05) is 6.54 Å². The molecule has 1 nitrogen and oxygen atoms in total. The Kier molecular flexibility index (Phi) is 4.76. The van der Waals surface area contributed by atoms with Crippen molar-refractivity contribution in [1.29, 1.82) is 0 Å². The monoisotopic (exact) mass is 249 g/mol. The van der Waals surface area contributed by atoms with Crippen molar-refractivity contribution < 1.29 is 0 Å². The van der Waals surface area contributed by atoms with E-state index in [4.69, 9.17) is 40.5 Å². The van der Waals surface area contributed by atoms with Gasteiger partial charge in [-0.3, -0.25) is 0 Å². The van der Waals surface area contributed by atoms with Crippen LogP contribution in [-0.4, -0.2) is 6.54 Å². The quantitative estimate of drug-likeness (QED) is 0.806. The van der Waals surface area contributed by atoms with Gasteiger partial charge >= 0.3 is 0 Å². The van der Waals surface area contributed by atoms with Crippen molar-refractivity contribution in [3.63, 3.8) is 0 Å². The average molecular weight is 251 g/mol. The van der Waals surface area contributed by atoms with E-state index in [2.05, 4.69) is 0 Å². The minimum atomic E-state index is 0.393. The lowest BCUT2D eigenvalue weighted by atomic mass is 10.2. The molecular formula is C10H10Cl3N. The SMILES string of the molecule is NCCC=Cc1cc(Cl)c(Cl)c(Cl)c1. The maximum Gasteiger partial charge on any atom is 0.0778 e. The fourth-order valence-corrected chi connectivity index (χ4v) is 1.60. The van der Waals surface area contributed by atoms with Gasteiger partial charge in [0.1, 0.15) is 0 Å². The maximum absolute atomic E-state index is 5.86. The van der Waals surface area contributed by atoms with Crippen LogP contribution in [0.1, 0.15) is 12.0 Å². The summed E-state index contributed by atoms with van der Waals surface area (Å²) in [6, 6.07) is 3.53. The van der Waals surface area contributed by atoms with E-state index >= 15 is 0 Å². The van der Waals surface area contributed by atoms with Crippen LogP contribution < -0.4 is 5.73 Å². The Labute approximate surface area is 98.5 Å². The summed E-state index contributed by atoms with van der Waals surface area (Å²) >= 11 is 17.5. The van der Waals surface area contributed by atoms with Gasteiger partial charge in [0, 0.05) is 0 Å². The molecule has 0 heterocycles. The van der Waals surface area contributed by atoms with E-state index in [1.807, 2.05) is 12.2 Å². The minimum absolute atomic E-state index is 0.393. The molecule has 0 aliphatic rings. The molecule has 14 heavy (non-hydrogen) atoms. The number of hydrogen-bond acceptors (Lipinski definition) is 1. The first kappa shape index (κ1) is 11.9. The van der Waals surface area contributed by atoms with E-state index in [0.29, 0.717) is 21.6 Å². The predicted octanol–water partition coefficient (Wildman–Crippen LogP) is 4.01. The standard InChI is InChI=1S/C10H10Cl3N/c11-8-5-7(3-1-2-4-14)6-9(12)10(8)13/h1,3,5-6H,2,4,14H2. The fraction of sp³-hybridized carbons (Fsp3) is 0.200. The lowest BCUT2D eigenvalue weighted by molar-refractivity contribution is 1.01. The number of rotatable bonds is 3. The Morgan fingerprint density at radius 1 is 1.14 bits per heavy atom. The molecule has 0 radical (unpaired) electrons. The summed E-state index contributed by atoms with van der Waals surface area (Å²) in [6.07, 6.45) is 4.72. The van der Waals surface area contributed by atoms with Gasteiger partial charge in [-0.25, -0.2) is 0 Å². The zero-order valence-electron chi connectivity index (χ0n) is 7.43. The minimum Gasteiger partial charge on any atom is -0.330 e. The van der Waals surface area contributed by atoms with Crippen LogP contribution in [0.3, 0.4) is 0 Å². The summed E-state index contributed by atoms with van der Waals surface area (Å²) in [6.45, 7) is 0.631. The van der Waals surface area contributed by atoms with Gasteiger partial charge in [0.15, 0.2) is 0 Å². The number of nitrogens with two attached hydrogens (primary N) is 1. The fourth-order valence-electron chi connectivity index (χ4n) is 0.987. The molecular weight excluding hydrogens is 240 g/mol. The van der Waals surface area contributed by atoms with Crippen LogP contribution in [0.2, 0.25) is 15.1 Å². The Morgan fingerprint density at radius 3 is 2.21 bits per heavy atom. The third kappa shape index (κ3) is 3.18. The van der Waals surface area contributed by atoms with Crippen LogP contribution in [0.5, 0.6) is 0 Å². The van der Waals surface area contributed by atoms with E-state index in [1.165, 1.54) is 0 Å². The molecule has 1 aromatic carbocycles. The van der Waals surface area contributed by atoms with Gasteiger partial charge in [0.25, 0.3) is 0 Å². The van der Waals surface area contributed by atoms with Gasteiger partial charge in [-0.2, -0.15) is 0 Å². The lowest BCUT2D eigenvalue weighted by Crippen LogP contribution is -1.94. The molecule has 1 aromatic rings. The molecule has 0 aliphatic heterocycles. The molecule has 0 saturated carbocycles. The van der Waals surface area contributed by atoms with E-state index in [-0.39, 0.29) is 0 Å². The highest BCUT2D eigenvalue weighted by atomic mass is 35.5.